The highest BCUT2D eigenvalue weighted by molar-refractivity contribution is 7.89. The molecule has 2 heterocycles. The fourth-order valence-electron chi connectivity index (χ4n) is 5.76. The number of carboxylic acid groups (broad SMARTS) is 2. The molecule has 0 spiro atoms. The number of hydrogen-bond acceptors (Lipinski definition) is 6. The molecule has 12 heteroatoms. The summed E-state index contributed by atoms with van der Waals surface area (Å²) in [5.74, 6) is -3.44. The molecule has 0 aliphatic carbocycles. The van der Waals surface area contributed by atoms with E-state index >= 15 is 0 Å². The van der Waals surface area contributed by atoms with Crippen molar-refractivity contribution in [3.05, 3.63) is 77.9 Å². The molecule has 11 nitrogen and oxygen atoms in total. The number of aliphatic carboxylic acids is 2. The van der Waals surface area contributed by atoms with Crippen molar-refractivity contribution in [1.82, 2.24) is 14.1 Å². The van der Waals surface area contributed by atoms with Crippen molar-refractivity contribution in [3.8, 4) is 0 Å². The predicted octanol–water partition coefficient (Wildman–Crippen LogP) is 2.47. The largest absolute Gasteiger partial charge is 0.481 e. The molecule has 2 aliphatic heterocycles. The van der Waals surface area contributed by atoms with Gasteiger partial charge in [-0.15, -0.1) is 0 Å². The fourth-order valence-corrected chi connectivity index (χ4v) is 7.54. The predicted molar refractivity (Wildman–Crippen MR) is 152 cm³/mol. The molecule has 0 saturated carbocycles. The first-order valence-corrected chi connectivity index (χ1v) is 15.0. The Kier molecular flexibility index (Phi) is 8.02. The lowest BCUT2D eigenvalue weighted by molar-refractivity contribution is -0.153. The van der Waals surface area contributed by atoms with E-state index in [0.29, 0.717) is 5.39 Å². The molecule has 2 amide bonds. The summed E-state index contributed by atoms with van der Waals surface area (Å²) in [6.07, 6.45) is -2.16. The Hall–Kier alpha value is -4.29. The maximum absolute atomic E-state index is 14.3. The van der Waals surface area contributed by atoms with Crippen LogP contribution in [0.15, 0.2) is 71.6 Å². The van der Waals surface area contributed by atoms with E-state index in [1.165, 1.54) is 21.9 Å². The lowest BCUT2D eigenvalue weighted by Crippen LogP contribution is -2.64. The lowest BCUT2D eigenvalue weighted by atomic mass is 9.99. The molecule has 0 aromatic heterocycles. The van der Waals surface area contributed by atoms with Crippen molar-refractivity contribution in [3.63, 3.8) is 0 Å². The number of rotatable bonds is 10. The van der Waals surface area contributed by atoms with Crippen LogP contribution in [0.3, 0.4) is 0 Å². The zero-order valence-electron chi connectivity index (χ0n) is 22.9. The van der Waals surface area contributed by atoms with Crippen LogP contribution in [0.5, 0.6) is 0 Å². The molecule has 5 rings (SSSR count). The van der Waals surface area contributed by atoms with Crippen LogP contribution in [0.2, 0.25) is 0 Å². The normalized spacial score (nSPS) is 21.1. The summed E-state index contributed by atoms with van der Waals surface area (Å²) in [6, 6.07) is 16.7. The van der Waals surface area contributed by atoms with Crippen molar-refractivity contribution in [1.29, 1.82) is 0 Å². The Morgan fingerprint density at radius 1 is 0.857 bits per heavy atom. The summed E-state index contributed by atoms with van der Waals surface area (Å²) in [5.41, 5.74) is 1.73. The van der Waals surface area contributed by atoms with Crippen molar-refractivity contribution >= 4 is 44.5 Å². The zero-order valence-corrected chi connectivity index (χ0v) is 23.7. The molecule has 0 bridgehead atoms. The van der Waals surface area contributed by atoms with Gasteiger partial charge in [0.25, 0.3) is 0 Å². The lowest BCUT2D eigenvalue weighted by Gasteiger charge is -2.44. The minimum absolute atomic E-state index is 0.0692. The molecule has 3 aromatic rings. The van der Waals surface area contributed by atoms with E-state index in [1.807, 2.05) is 43.3 Å². The van der Waals surface area contributed by atoms with E-state index in [-0.39, 0.29) is 37.2 Å². The molecule has 220 valence electrons. The van der Waals surface area contributed by atoms with Gasteiger partial charge in [-0.05, 0) is 41.8 Å². The van der Waals surface area contributed by atoms with E-state index in [1.54, 1.807) is 18.2 Å². The van der Waals surface area contributed by atoms with Gasteiger partial charge < -0.3 is 20.0 Å². The fraction of sp³-hybridized carbons (Fsp3) is 0.333. The molecule has 3 aromatic carbocycles. The van der Waals surface area contributed by atoms with E-state index in [4.69, 9.17) is 0 Å². The number of nitrogens with zero attached hydrogens (tertiary/aromatic N) is 3. The number of carbonyl (C=O) groups excluding carboxylic acids is 2. The Balaban J connectivity index is 1.60. The number of aryl methyl sites for hydroxylation is 1. The quantitative estimate of drug-likeness (QED) is 0.364. The number of piperazine rings is 1. The van der Waals surface area contributed by atoms with Gasteiger partial charge in [0.1, 0.15) is 18.2 Å². The van der Waals surface area contributed by atoms with Gasteiger partial charge in [0.05, 0.1) is 17.9 Å². The highest BCUT2D eigenvalue weighted by atomic mass is 32.2. The number of hydrogen-bond donors (Lipinski definition) is 2. The third-order valence-corrected chi connectivity index (χ3v) is 9.75. The van der Waals surface area contributed by atoms with Crippen LogP contribution >= 0.6 is 0 Å². The van der Waals surface area contributed by atoms with Crippen LogP contribution in [0.1, 0.15) is 30.4 Å². The highest BCUT2D eigenvalue weighted by Crippen LogP contribution is 2.37. The molecule has 0 radical (unpaired) electrons. The SMILES string of the molecule is Cc1ccc(CC2C(=O)N(CCC(=O)O)CC3N2C(=O)C(CCC(=O)O)N3S(=O)(=O)c2ccc3ccccc3c2)cc1. The molecule has 3 atom stereocenters. The Morgan fingerprint density at radius 3 is 2.19 bits per heavy atom. The van der Waals surface area contributed by atoms with Crippen molar-refractivity contribution < 1.29 is 37.8 Å². The van der Waals surface area contributed by atoms with Crippen LogP contribution in [-0.4, -0.2) is 87.8 Å². The van der Waals surface area contributed by atoms with Gasteiger partial charge in [-0.2, -0.15) is 4.31 Å². The minimum atomic E-state index is -4.38. The van der Waals surface area contributed by atoms with E-state index in [2.05, 4.69) is 0 Å². The molecule has 3 unspecified atom stereocenters. The average molecular weight is 594 g/mol. The third-order valence-electron chi connectivity index (χ3n) is 7.85. The summed E-state index contributed by atoms with van der Waals surface area (Å²) in [5, 5.41) is 20.2. The zero-order chi connectivity index (χ0) is 30.2. The maximum atomic E-state index is 14.3. The maximum Gasteiger partial charge on any atom is 0.305 e. The van der Waals surface area contributed by atoms with E-state index in [0.717, 1.165) is 20.8 Å². The van der Waals surface area contributed by atoms with Crippen LogP contribution in [0, 0.1) is 6.92 Å². The topological polar surface area (TPSA) is 153 Å². The molecule has 2 aliphatic rings. The molecule has 2 fully saturated rings. The molecule has 2 N–H and O–H groups in total. The monoisotopic (exact) mass is 593 g/mol. The van der Waals surface area contributed by atoms with Crippen LogP contribution in [0.25, 0.3) is 10.8 Å². The molecule has 42 heavy (non-hydrogen) atoms. The highest BCUT2D eigenvalue weighted by Gasteiger charge is 2.58. The molecular formula is C30H31N3O8S. The second kappa shape index (κ2) is 11.5. The number of benzene rings is 3. The van der Waals surface area contributed by atoms with Gasteiger partial charge in [-0.25, -0.2) is 8.42 Å². The standard InChI is InChI=1S/C30H31N3O8S/c1-19-6-8-20(9-7-19)16-25-29(38)31(15-14-28(36)37)18-26-32(25)30(39)24(12-13-27(34)35)33(26)42(40,41)23-11-10-21-4-2-3-5-22(21)17-23/h2-11,17,24-26H,12-16,18H2,1H3,(H,34,35)(H,36,37). The number of sulfonamides is 1. The van der Waals surface area contributed by atoms with E-state index in [9.17, 15) is 37.8 Å². The second-order valence-corrected chi connectivity index (χ2v) is 12.5. The Morgan fingerprint density at radius 2 is 1.52 bits per heavy atom. The Labute approximate surface area is 243 Å². The van der Waals surface area contributed by atoms with Crippen molar-refractivity contribution in [2.45, 2.75) is 55.8 Å². The van der Waals surface area contributed by atoms with Gasteiger partial charge in [-0.3, -0.25) is 19.2 Å². The average Bonchev–Trinajstić information content (AvgIpc) is 3.24. The summed E-state index contributed by atoms with van der Waals surface area (Å²) < 4.78 is 29.6. The number of amides is 2. The molecule has 2 saturated heterocycles. The number of carboxylic acids is 2. The summed E-state index contributed by atoms with van der Waals surface area (Å²) >= 11 is 0. The number of fused-ring (bicyclic) bond motifs is 2. The third kappa shape index (κ3) is 5.59. The van der Waals surface area contributed by atoms with Gasteiger partial charge in [0, 0.05) is 19.4 Å². The first kappa shape index (κ1) is 29.2. The number of carbonyl (C=O) groups is 4. The van der Waals surface area contributed by atoms with E-state index < -0.39 is 58.4 Å². The van der Waals surface area contributed by atoms with Crippen molar-refractivity contribution in [2.75, 3.05) is 13.1 Å². The summed E-state index contributed by atoms with van der Waals surface area (Å²) in [4.78, 5) is 53.1. The summed E-state index contributed by atoms with van der Waals surface area (Å²) in [7, 11) is -4.38. The van der Waals surface area contributed by atoms with Crippen LogP contribution in [-0.2, 0) is 35.6 Å². The van der Waals surface area contributed by atoms with Gasteiger partial charge in [0.2, 0.25) is 21.8 Å². The molecular weight excluding hydrogens is 562 g/mol. The van der Waals surface area contributed by atoms with Gasteiger partial charge >= 0.3 is 11.9 Å². The first-order chi connectivity index (χ1) is 20.0. The smallest absolute Gasteiger partial charge is 0.305 e. The van der Waals surface area contributed by atoms with Crippen LogP contribution < -0.4 is 0 Å². The van der Waals surface area contributed by atoms with Crippen molar-refractivity contribution in [2.24, 2.45) is 0 Å². The first-order valence-electron chi connectivity index (χ1n) is 13.6. The minimum Gasteiger partial charge on any atom is -0.481 e. The Bertz CT molecular complexity index is 1660. The second-order valence-electron chi connectivity index (χ2n) is 10.7. The van der Waals surface area contributed by atoms with Gasteiger partial charge in [0.15, 0.2) is 0 Å². The summed E-state index contributed by atoms with van der Waals surface area (Å²) in [6.45, 7) is 1.51. The van der Waals surface area contributed by atoms with Crippen LogP contribution in [0.4, 0.5) is 0 Å². The van der Waals surface area contributed by atoms with Gasteiger partial charge in [-0.1, -0.05) is 60.2 Å².